The summed E-state index contributed by atoms with van der Waals surface area (Å²) in [4.78, 5) is 12.4. The molecule has 1 amide bonds. The zero-order valence-corrected chi connectivity index (χ0v) is 13.1. The second kappa shape index (κ2) is 6.60. The summed E-state index contributed by atoms with van der Waals surface area (Å²) in [6.07, 6.45) is -0.605. The lowest BCUT2D eigenvalue weighted by molar-refractivity contribution is -0.125. The van der Waals surface area contributed by atoms with Crippen LogP contribution in [0.3, 0.4) is 0 Å². The number of anilines is 1. The maximum absolute atomic E-state index is 12.4. The Labute approximate surface area is 135 Å². The van der Waals surface area contributed by atoms with Crippen molar-refractivity contribution in [2.24, 2.45) is 0 Å². The molecule has 23 heavy (non-hydrogen) atoms. The fourth-order valence-electron chi connectivity index (χ4n) is 2.29. The summed E-state index contributed by atoms with van der Waals surface area (Å²) in [6, 6.07) is 14.6. The maximum Gasteiger partial charge on any atom is 0.269 e. The predicted octanol–water partition coefficient (Wildman–Crippen LogP) is 3.25. The lowest BCUT2D eigenvalue weighted by Crippen LogP contribution is -2.40. The summed E-state index contributed by atoms with van der Waals surface area (Å²) in [5.74, 6) is 1.70. The fraction of sp³-hybridized carbons (Fsp3) is 0.278. The number of fused-ring (bicyclic) bond motifs is 1. The predicted molar refractivity (Wildman–Crippen MR) is 87.2 cm³/mol. The Bertz CT molecular complexity index is 699. The van der Waals surface area contributed by atoms with E-state index in [1.54, 1.807) is 12.1 Å². The highest BCUT2D eigenvalue weighted by Crippen LogP contribution is 2.31. The number of hydrogen-bond donors (Lipinski definition) is 1. The molecular weight excluding hydrogens is 294 g/mol. The Hall–Kier alpha value is -2.69. The van der Waals surface area contributed by atoms with Crippen molar-refractivity contribution < 1.29 is 19.0 Å². The molecule has 1 aliphatic rings. The average Bonchev–Trinajstić information content (AvgIpc) is 2.54. The number of nitrogens with one attached hydrogen (secondary N) is 1. The minimum Gasteiger partial charge on any atom is -0.491 e. The van der Waals surface area contributed by atoms with Gasteiger partial charge in [-0.15, -0.1) is 0 Å². The van der Waals surface area contributed by atoms with Crippen LogP contribution in [0.2, 0.25) is 0 Å². The quantitative estimate of drug-likeness (QED) is 0.941. The zero-order chi connectivity index (χ0) is 16.2. The van der Waals surface area contributed by atoms with E-state index >= 15 is 0 Å². The molecule has 2 aromatic carbocycles. The standard InChI is InChI=1S/C18H19NO4/c1-12(2)22-14-7-5-6-13(10-14)19-18(20)17-11-21-15-8-3-4-9-16(15)23-17/h3-10,12,17H,11H2,1-2H3,(H,19,20)/t17-/m0/s1. The molecular formula is C18H19NO4. The molecule has 3 rings (SSSR count). The van der Waals surface area contributed by atoms with Crippen LogP contribution in [0.4, 0.5) is 5.69 Å². The van der Waals surface area contributed by atoms with E-state index in [1.165, 1.54) is 0 Å². The van der Waals surface area contributed by atoms with E-state index in [2.05, 4.69) is 5.32 Å². The third-order valence-electron chi connectivity index (χ3n) is 3.27. The van der Waals surface area contributed by atoms with Crippen LogP contribution in [0.1, 0.15) is 13.8 Å². The second-order valence-electron chi connectivity index (χ2n) is 5.55. The summed E-state index contributed by atoms with van der Waals surface area (Å²) in [5.41, 5.74) is 0.663. The highest BCUT2D eigenvalue weighted by atomic mass is 16.6. The molecule has 2 aromatic rings. The van der Waals surface area contributed by atoms with Gasteiger partial charge in [0, 0.05) is 11.8 Å². The lowest BCUT2D eigenvalue weighted by Gasteiger charge is -2.25. The van der Waals surface area contributed by atoms with E-state index in [4.69, 9.17) is 14.2 Å². The normalized spacial score (nSPS) is 16.0. The minimum atomic E-state index is -0.681. The average molecular weight is 313 g/mol. The minimum absolute atomic E-state index is 0.0764. The molecule has 0 aliphatic carbocycles. The van der Waals surface area contributed by atoms with Gasteiger partial charge in [0.15, 0.2) is 11.5 Å². The van der Waals surface area contributed by atoms with Crippen LogP contribution in [-0.4, -0.2) is 24.7 Å². The fourth-order valence-corrected chi connectivity index (χ4v) is 2.29. The molecule has 0 fully saturated rings. The molecule has 0 radical (unpaired) electrons. The van der Waals surface area contributed by atoms with Crippen molar-refractivity contribution in [1.82, 2.24) is 0 Å². The molecule has 1 heterocycles. The van der Waals surface area contributed by atoms with Gasteiger partial charge in [0.25, 0.3) is 5.91 Å². The van der Waals surface area contributed by atoms with Crippen LogP contribution in [0.15, 0.2) is 48.5 Å². The van der Waals surface area contributed by atoms with Gasteiger partial charge in [0.1, 0.15) is 12.4 Å². The Balaban J connectivity index is 1.66. The van der Waals surface area contributed by atoms with Gasteiger partial charge in [-0.2, -0.15) is 0 Å². The van der Waals surface area contributed by atoms with E-state index in [-0.39, 0.29) is 18.6 Å². The third kappa shape index (κ3) is 3.74. The van der Waals surface area contributed by atoms with Gasteiger partial charge in [-0.25, -0.2) is 0 Å². The molecule has 1 N–H and O–H groups in total. The molecule has 0 unspecified atom stereocenters. The first kappa shape index (κ1) is 15.2. The molecule has 0 bridgehead atoms. The second-order valence-corrected chi connectivity index (χ2v) is 5.55. The first-order valence-electron chi connectivity index (χ1n) is 7.58. The Morgan fingerprint density at radius 1 is 1.17 bits per heavy atom. The number of para-hydroxylation sites is 2. The van der Waals surface area contributed by atoms with Gasteiger partial charge in [0.2, 0.25) is 6.10 Å². The van der Waals surface area contributed by atoms with Crippen LogP contribution < -0.4 is 19.5 Å². The van der Waals surface area contributed by atoms with E-state index in [0.29, 0.717) is 22.9 Å². The number of carbonyl (C=O) groups is 1. The highest BCUT2D eigenvalue weighted by Gasteiger charge is 2.27. The van der Waals surface area contributed by atoms with Crippen molar-refractivity contribution in [3.05, 3.63) is 48.5 Å². The summed E-state index contributed by atoms with van der Waals surface area (Å²) in [6.45, 7) is 4.09. The number of ether oxygens (including phenoxy) is 3. The highest BCUT2D eigenvalue weighted by molar-refractivity contribution is 5.94. The van der Waals surface area contributed by atoms with Crippen molar-refractivity contribution >= 4 is 11.6 Å². The van der Waals surface area contributed by atoms with Crippen LogP contribution >= 0.6 is 0 Å². The Morgan fingerprint density at radius 2 is 1.96 bits per heavy atom. The topological polar surface area (TPSA) is 56.8 Å². The molecule has 0 aromatic heterocycles. The van der Waals surface area contributed by atoms with E-state index in [0.717, 1.165) is 0 Å². The Morgan fingerprint density at radius 3 is 2.74 bits per heavy atom. The monoisotopic (exact) mass is 313 g/mol. The first-order chi connectivity index (χ1) is 11.1. The number of carbonyl (C=O) groups excluding carboxylic acids is 1. The summed E-state index contributed by atoms with van der Waals surface area (Å²) in [5, 5.41) is 2.83. The van der Waals surface area contributed by atoms with Gasteiger partial charge in [0.05, 0.1) is 6.10 Å². The molecule has 1 aliphatic heterocycles. The largest absolute Gasteiger partial charge is 0.491 e. The number of hydrogen-bond acceptors (Lipinski definition) is 4. The van der Waals surface area contributed by atoms with Crippen molar-refractivity contribution in [3.63, 3.8) is 0 Å². The van der Waals surface area contributed by atoms with Crippen LogP contribution in [-0.2, 0) is 4.79 Å². The van der Waals surface area contributed by atoms with E-state index < -0.39 is 6.10 Å². The lowest BCUT2D eigenvalue weighted by atomic mass is 10.2. The molecule has 120 valence electrons. The summed E-state index contributed by atoms with van der Waals surface area (Å²) < 4.78 is 16.9. The number of benzene rings is 2. The molecule has 0 saturated heterocycles. The summed E-state index contributed by atoms with van der Waals surface area (Å²) >= 11 is 0. The number of amides is 1. The first-order valence-corrected chi connectivity index (χ1v) is 7.58. The van der Waals surface area contributed by atoms with Gasteiger partial charge < -0.3 is 19.5 Å². The van der Waals surface area contributed by atoms with Crippen LogP contribution in [0.25, 0.3) is 0 Å². The third-order valence-corrected chi connectivity index (χ3v) is 3.27. The smallest absolute Gasteiger partial charge is 0.269 e. The van der Waals surface area contributed by atoms with Crippen molar-refractivity contribution in [2.45, 2.75) is 26.1 Å². The van der Waals surface area contributed by atoms with Crippen LogP contribution in [0, 0.1) is 0 Å². The van der Waals surface area contributed by atoms with E-state index in [1.807, 2.05) is 50.2 Å². The maximum atomic E-state index is 12.4. The van der Waals surface area contributed by atoms with Gasteiger partial charge in [-0.05, 0) is 38.1 Å². The zero-order valence-electron chi connectivity index (χ0n) is 13.1. The van der Waals surface area contributed by atoms with Crippen molar-refractivity contribution in [3.8, 4) is 17.2 Å². The molecule has 5 nitrogen and oxygen atoms in total. The summed E-state index contributed by atoms with van der Waals surface area (Å²) in [7, 11) is 0. The molecule has 0 saturated carbocycles. The van der Waals surface area contributed by atoms with Gasteiger partial charge in [-0.1, -0.05) is 18.2 Å². The number of rotatable bonds is 4. The molecule has 1 atom stereocenters. The van der Waals surface area contributed by atoms with Gasteiger partial charge in [-0.3, -0.25) is 4.79 Å². The van der Waals surface area contributed by atoms with Crippen molar-refractivity contribution in [2.75, 3.05) is 11.9 Å². The van der Waals surface area contributed by atoms with Crippen molar-refractivity contribution in [1.29, 1.82) is 0 Å². The van der Waals surface area contributed by atoms with E-state index in [9.17, 15) is 4.79 Å². The van der Waals surface area contributed by atoms with Gasteiger partial charge >= 0.3 is 0 Å². The molecule has 5 heteroatoms. The van der Waals surface area contributed by atoms with Crippen LogP contribution in [0.5, 0.6) is 17.2 Å². The SMILES string of the molecule is CC(C)Oc1cccc(NC(=O)[C@@H]2COc3ccccc3O2)c1. The molecule has 0 spiro atoms. The Kier molecular flexibility index (Phi) is 4.37.